The lowest BCUT2D eigenvalue weighted by Gasteiger charge is -2.09. The molecule has 2 N–H and O–H groups in total. The third-order valence-corrected chi connectivity index (χ3v) is 4.00. The van der Waals surface area contributed by atoms with Crippen molar-refractivity contribution in [2.75, 3.05) is 6.61 Å². The van der Waals surface area contributed by atoms with Crippen molar-refractivity contribution in [3.8, 4) is 17.0 Å². The van der Waals surface area contributed by atoms with Gasteiger partial charge in [-0.3, -0.25) is 9.89 Å². The molecule has 0 aliphatic heterocycles. The van der Waals surface area contributed by atoms with Crippen molar-refractivity contribution in [2.24, 2.45) is 0 Å². The van der Waals surface area contributed by atoms with Gasteiger partial charge in [0.1, 0.15) is 5.75 Å². The smallest absolute Gasteiger partial charge is 0.255 e. The molecule has 3 aromatic rings. The van der Waals surface area contributed by atoms with E-state index in [0.29, 0.717) is 35.2 Å². The maximum absolute atomic E-state index is 12.5. The number of benzene rings is 2. The van der Waals surface area contributed by atoms with Crippen LogP contribution in [0.25, 0.3) is 11.3 Å². The largest absolute Gasteiger partial charge is 0.492 e. The van der Waals surface area contributed by atoms with Crippen LogP contribution in [0.5, 0.6) is 5.75 Å². The van der Waals surface area contributed by atoms with Gasteiger partial charge in [0.15, 0.2) is 0 Å². The van der Waals surface area contributed by atoms with Gasteiger partial charge in [0.2, 0.25) is 0 Å². The molecule has 0 bridgehead atoms. The minimum atomic E-state index is -0.197. The number of carbonyl (C=O) groups excluding carboxylic acids is 1. The van der Waals surface area contributed by atoms with E-state index in [0.717, 1.165) is 11.1 Å². The van der Waals surface area contributed by atoms with E-state index in [2.05, 4.69) is 15.5 Å². The number of hydrogen-bond donors (Lipinski definition) is 2. The Labute approximate surface area is 151 Å². The van der Waals surface area contributed by atoms with E-state index >= 15 is 0 Å². The topological polar surface area (TPSA) is 67.0 Å². The van der Waals surface area contributed by atoms with Crippen LogP contribution in [-0.4, -0.2) is 22.7 Å². The van der Waals surface area contributed by atoms with Crippen LogP contribution in [-0.2, 0) is 6.54 Å². The zero-order valence-corrected chi connectivity index (χ0v) is 14.5. The number of carbonyl (C=O) groups is 1. The monoisotopic (exact) mass is 355 g/mol. The summed E-state index contributed by atoms with van der Waals surface area (Å²) in [6.07, 6.45) is 1.51. The maximum atomic E-state index is 12.5. The van der Waals surface area contributed by atoms with E-state index < -0.39 is 0 Å². The number of ether oxygens (including phenoxy) is 1. The molecule has 25 heavy (non-hydrogen) atoms. The minimum absolute atomic E-state index is 0.197. The third-order valence-electron chi connectivity index (χ3n) is 3.70. The molecular formula is C19H18ClN3O2. The average molecular weight is 356 g/mol. The zero-order chi connectivity index (χ0) is 17.6. The standard InChI is InChI=1S/C19H18ClN3O2/c1-2-25-17-9-8-14(10-16(17)20)18-15(12-22-23-18)19(24)21-11-13-6-4-3-5-7-13/h3-10,12H,2,11H2,1H3,(H,21,24)(H,22,23). The van der Waals surface area contributed by atoms with Gasteiger partial charge in [-0.1, -0.05) is 41.9 Å². The van der Waals surface area contributed by atoms with Crippen molar-refractivity contribution in [3.05, 3.63) is 70.9 Å². The molecular weight excluding hydrogens is 338 g/mol. The number of hydrogen-bond acceptors (Lipinski definition) is 3. The second kappa shape index (κ2) is 7.85. The second-order valence-corrected chi connectivity index (χ2v) is 5.81. The lowest BCUT2D eigenvalue weighted by atomic mass is 10.1. The number of amides is 1. The highest BCUT2D eigenvalue weighted by Crippen LogP contribution is 2.31. The predicted molar refractivity (Wildman–Crippen MR) is 97.8 cm³/mol. The molecule has 1 aromatic heterocycles. The summed E-state index contributed by atoms with van der Waals surface area (Å²) in [5.41, 5.74) is 2.90. The first-order valence-corrected chi connectivity index (χ1v) is 8.35. The summed E-state index contributed by atoms with van der Waals surface area (Å²) in [5, 5.41) is 10.3. The number of aromatic amines is 1. The molecule has 0 aliphatic rings. The van der Waals surface area contributed by atoms with E-state index in [1.807, 2.05) is 43.3 Å². The number of aromatic nitrogens is 2. The van der Waals surface area contributed by atoms with Gasteiger partial charge in [0, 0.05) is 12.1 Å². The zero-order valence-electron chi connectivity index (χ0n) is 13.8. The number of nitrogens with zero attached hydrogens (tertiary/aromatic N) is 1. The fourth-order valence-electron chi connectivity index (χ4n) is 2.48. The van der Waals surface area contributed by atoms with Gasteiger partial charge in [-0.05, 0) is 30.7 Å². The molecule has 0 aliphatic carbocycles. The van der Waals surface area contributed by atoms with Crippen LogP contribution in [0, 0.1) is 0 Å². The highest BCUT2D eigenvalue weighted by Gasteiger charge is 2.16. The third kappa shape index (κ3) is 4.00. The molecule has 0 fully saturated rings. The highest BCUT2D eigenvalue weighted by molar-refractivity contribution is 6.32. The van der Waals surface area contributed by atoms with Gasteiger partial charge < -0.3 is 10.1 Å². The van der Waals surface area contributed by atoms with Crippen LogP contribution in [0.15, 0.2) is 54.7 Å². The molecule has 0 radical (unpaired) electrons. The summed E-state index contributed by atoms with van der Waals surface area (Å²) in [7, 11) is 0. The normalized spacial score (nSPS) is 10.5. The van der Waals surface area contributed by atoms with Gasteiger partial charge >= 0.3 is 0 Å². The summed E-state index contributed by atoms with van der Waals surface area (Å²) >= 11 is 6.24. The summed E-state index contributed by atoms with van der Waals surface area (Å²) < 4.78 is 5.44. The van der Waals surface area contributed by atoms with Crippen molar-refractivity contribution >= 4 is 17.5 Å². The molecule has 0 spiro atoms. The summed E-state index contributed by atoms with van der Waals surface area (Å²) in [6.45, 7) is 2.89. The van der Waals surface area contributed by atoms with Crippen LogP contribution in [0.2, 0.25) is 5.02 Å². The molecule has 3 rings (SSSR count). The molecule has 5 nitrogen and oxygen atoms in total. The van der Waals surface area contributed by atoms with Crippen molar-refractivity contribution in [3.63, 3.8) is 0 Å². The number of nitrogens with one attached hydrogen (secondary N) is 2. The Hall–Kier alpha value is -2.79. The summed E-state index contributed by atoms with van der Waals surface area (Å²) in [5.74, 6) is 0.417. The number of H-pyrrole nitrogens is 1. The van der Waals surface area contributed by atoms with Crippen molar-refractivity contribution in [1.29, 1.82) is 0 Å². The molecule has 1 amide bonds. The summed E-state index contributed by atoms with van der Waals surface area (Å²) in [6, 6.07) is 15.1. The van der Waals surface area contributed by atoms with Crippen LogP contribution >= 0.6 is 11.6 Å². The molecule has 2 aromatic carbocycles. The Bertz CT molecular complexity index is 862. The van der Waals surface area contributed by atoms with Crippen LogP contribution < -0.4 is 10.1 Å². The van der Waals surface area contributed by atoms with Crippen molar-refractivity contribution < 1.29 is 9.53 Å². The lowest BCUT2D eigenvalue weighted by molar-refractivity contribution is 0.0951. The van der Waals surface area contributed by atoms with Gasteiger partial charge in [0.25, 0.3) is 5.91 Å². The molecule has 0 saturated carbocycles. The lowest BCUT2D eigenvalue weighted by Crippen LogP contribution is -2.22. The fourth-order valence-corrected chi connectivity index (χ4v) is 2.72. The Balaban J connectivity index is 1.78. The SMILES string of the molecule is CCOc1ccc(-c2[nH]ncc2C(=O)NCc2ccccc2)cc1Cl. The van der Waals surface area contributed by atoms with E-state index in [1.54, 1.807) is 12.1 Å². The average Bonchev–Trinajstić information content (AvgIpc) is 3.12. The van der Waals surface area contributed by atoms with Crippen LogP contribution in [0.4, 0.5) is 0 Å². The van der Waals surface area contributed by atoms with E-state index in [9.17, 15) is 4.79 Å². The summed E-state index contributed by atoms with van der Waals surface area (Å²) in [4.78, 5) is 12.5. The quantitative estimate of drug-likeness (QED) is 0.700. The minimum Gasteiger partial charge on any atom is -0.492 e. The van der Waals surface area contributed by atoms with Crippen LogP contribution in [0.3, 0.4) is 0 Å². The van der Waals surface area contributed by atoms with Crippen molar-refractivity contribution in [1.82, 2.24) is 15.5 Å². The fraction of sp³-hybridized carbons (Fsp3) is 0.158. The first-order chi connectivity index (χ1) is 12.2. The number of rotatable bonds is 6. The first kappa shape index (κ1) is 17.0. The maximum Gasteiger partial charge on any atom is 0.255 e. The van der Waals surface area contributed by atoms with Crippen molar-refractivity contribution in [2.45, 2.75) is 13.5 Å². The van der Waals surface area contributed by atoms with Gasteiger partial charge in [0.05, 0.1) is 29.1 Å². The number of halogens is 1. The Kier molecular flexibility index (Phi) is 5.36. The highest BCUT2D eigenvalue weighted by atomic mass is 35.5. The van der Waals surface area contributed by atoms with Crippen LogP contribution in [0.1, 0.15) is 22.8 Å². The Morgan fingerprint density at radius 2 is 2.04 bits per heavy atom. The molecule has 0 saturated heterocycles. The van der Waals surface area contributed by atoms with Gasteiger partial charge in [-0.15, -0.1) is 0 Å². The molecule has 0 unspecified atom stereocenters. The first-order valence-electron chi connectivity index (χ1n) is 7.97. The van der Waals surface area contributed by atoms with E-state index in [1.165, 1.54) is 6.20 Å². The molecule has 6 heteroatoms. The Morgan fingerprint density at radius 1 is 1.24 bits per heavy atom. The van der Waals surface area contributed by atoms with Gasteiger partial charge in [-0.2, -0.15) is 5.10 Å². The Morgan fingerprint density at radius 3 is 2.76 bits per heavy atom. The molecule has 0 atom stereocenters. The van der Waals surface area contributed by atoms with E-state index in [-0.39, 0.29) is 5.91 Å². The molecule has 1 heterocycles. The second-order valence-electron chi connectivity index (χ2n) is 5.41. The predicted octanol–water partition coefficient (Wildman–Crippen LogP) is 4.06. The van der Waals surface area contributed by atoms with Gasteiger partial charge in [-0.25, -0.2) is 0 Å². The molecule has 128 valence electrons. The van der Waals surface area contributed by atoms with E-state index in [4.69, 9.17) is 16.3 Å².